The first-order valence-corrected chi connectivity index (χ1v) is 7.19. The average molecular weight is 284 g/mol. The molecule has 0 aliphatic heterocycles. The van der Waals surface area contributed by atoms with Crippen molar-refractivity contribution in [2.24, 2.45) is 0 Å². The average Bonchev–Trinajstić information content (AvgIpc) is 2.49. The SMILES string of the molecule is COc1cccc(C(C)Nc2ccc(N(C)C)cc2C)c1. The van der Waals surface area contributed by atoms with Gasteiger partial charge in [0.15, 0.2) is 0 Å². The largest absolute Gasteiger partial charge is 0.497 e. The maximum atomic E-state index is 5.29. The molecule has 0 aliphatic rings. The van der Waals surface area contributed by atoms with E-state index >= 15 is 0 Å². The minimum absolute atomic E-state index is 0.226. The van der Waals surface area contributed by atoms with Gasteiger partial charge < -0.3 is 15.0 Å². The van der Waals surface area contributed by atoms with Gasteiger partial charge in [0.25, 0.3) is 0 Å². The van der Waals surface area contributed by atoms with E-state index in [1.54, 1.807) is 7.11 Å². The van der Waals surface area contributed by atoms with E-state index in [9.17, 15) is 0 Å². The van der Waals surface area contributed by atoms with E-state index in [4.69, 9.17) is 4.74 Å². The predicted octanol–water partition coefficient (Wildman–Crippen LogP) is 4.24. The van der Waals surface area contributed by atoms with Gasteiger partial charge >= 0.3 is 0 Å². The summed E-state index contributed by atoms with van der Waals surface area (Å²) in [6.45, 7) is 4.29. The zero-order valence-corrected chi connectivity index (χ0v) is 13.5. The van der Waals surface area contributed by atoms with Crippen LogP contribution in [0.2, 0.25) is 0 Å². The Balaban J connectivity index is 2.17. The van der Waals surface area contributed by atoms with E-state index in [1.807, 2.05) is 12.1 Å². The minimum atomic E-state index is 0.226. The van der Waals surface area contributed by atoms with Crippen molar-refractivity contribution in [3.63, 3.8) is 0 Å². The van der Waals surface area contributed by atoms with E-state index in [0.717, 1.165) is 11.4 Å². The van der Waals surface area contributed by atoms with Crippen LogP contribution in [0.25, 0.3) is 0 Å². The van der Waals surface area contributed by atoms with Crippen molar-refractivity contribution in [2.45, 2.75) is 19.9 Å². The molecule has 0 aromatic heterocycles. The van der Waals surface area contributed by atoms with Gasteiger partial charge in [-0.2, -0.15) is 0 Å². The Hall–Kier alpha value is -2.16. The van der Waals surface area contributed by atoms with Crippen molar-refractivity contribution in [3.05, 3.63) is 53.6 Å². The second kappa shape index (κ2) is 6.53. The number of nitrogens with one attached hydrogen (secondary N) is 1. The molecule has 1 unspecified atom stereocenters. The summed E-state index contributed by atoms with van der Waals surface area (Å²) in [6.07, 6.45) is 0. The molecule has 0 saturated heterocycles. The van der Waals surface area contributed by atoms with E-state index in [-0.39, 0.29) is 6.04 Å². The van der Waals surface area contributed by atoms with Crippen molar-refractivity contribution in [3.8, 4) is 5.75 Å². The zero-order valence-electron chi connectivity index (χ0n) is 13.5. The Labute approximate surface area is 127 Å². The standard InChI is InChI=1S/C18H24N2O/c1-13-11-16(20(3)4)9-10-18(13)19-14(2)15-7-6-8-17(12-15)21-5/h6-12,14,19H,1-5H3. The van der Waals surface area contributed by atoms with Gasteiger partial charge in [-0.1, -0.05) is 12.1 Å². The number of hydrogen-bond donors (Lipinski definition) is 1. The van der Waals surface area contributed by atoms with Crippen molar-refractivity contribution < 1.29 is 4.74 Å². The molecule has 3 heteroatoms. The molecule has 1 atom stereocenters. The van der Waals surface area contributed by atoms with Crippen LogP contribution in [0.5, 0.6) is 5.75 Å². The van der Waals surface area contributed by atoms with Gasteiger partial charge in [-0.25, -0.2) is 0 Å². The molecule has 0 radical (unpaired) electrons. The molecule has 0 fully saturated rings. The second-order valence-corrected chi connectivity index (χ2v) is 5.54. The summed E-state index contributed by atoms with van der Waals surface area (Å²) < 4.78 is 5.29. The van der Waals surface area contributed by atoms with Crippen LogP contribution in [-0.4, -0.2) is 21.2 Å². The van der Waals surface area contributed by atoms with Crippen molar-refractivity contribution in [2.75, 3.05) is 31.4 Å². The molecule has 21 heavy (non-hydrogen) atoms. The molecule has 0 amide bonds. The highest BCUT2D eigenvalue weighted by atomic mass is 16.5. The third-order valence-corrected chi connectivity index (χ3v) is 3.69. The molecule has 2 rings (SSSR count). The number of hydrogen-bond acceptors (Lipinski definition) is 3. The van der Waals surface area contributed by atoms with Gasteiger partial charge in [-0.3, -0.25) is 0 Å². The molecule has 0 spiro atoms. The smallest absolute Gasteiger partial charge is 0.119 e. The molecule has 0 bridgehead atoms. The van der Waals surface area contributed by atoms with Crippen LogP contribution in [-0.2, 0) is 0 Å². The zero-order chi connectivity index (χ0) is 15.4. The lowest BCUT2D eigenvalue weighted by molar-refractivity contribution is 0.414. The molecule has 3 nitrogen and oxygen atoms in total. The lowest BCUT2D eigenvalue weighted by Gasteiger charge is -2.20. The molecule has 2 aromatic rings. The summed E-state index contributed by atoms with van der Waals surface area (Å²) >= 11 is 0. The third-order valence-electron chi connectivity index (χ3n) is 3.69. The Bertz CT molecular complexity index is 608. The van der Waals surface area contributed by atoms with Crippen LogP contribution in [0, 0.1) is 6.92 Å². The van der Waals surface area contributed by atoms with E-state index in [1.165, 1.54) is 16.8 Å². The monoisotopic (exact) mass is 284 g/mol. The first kappa shape index (κ1) is 15.2. The van der Waals surface area contributed by atoms with Crippen LogP contribution >= 0.6 is 0 Å². The molecule has 112 valence electrons. The summed E-state index contributed by atoms with van der Waals surface area (Å²) in [5.74, 6) is 0.890. The normalized spacial score (nSPS) is 11.9. The van der Waals surface area contributed by atoms with Crippen LogP contribution in [0.1, 0.15) is 24.1 Å². The number of nitrogens with zero attached hydrogens (tertiary/aromatic N) is 1. The van der Waals surface area contributed by atoms with Gasteiger partial charge in [0.05, 0.1) is 7.11 Å². The van der Waals surface area contributed by atoms with Crippen LogP contribution in [0.15, 0.2) is 42.5 Å². The summed E-state index contributed by atoms with van der Waals surface area (Å²) in [5.41, 5.74) is 4.84. The van der Waals surface area contributed by atoms with E-state index in [0.29, 0.717) is 0 Å². The van der Waals surface area contributed by atoms with Crippen molar-refractivity contribution >= 4 is 11.4 Å². The Morgan fingerprint density at radius 3 is 2.48 bits per heavy atom. The Morgan fingerprint density at radius 2 is 1.86 bits per heavy atom. The minimum Gasteiger partial charge on any atom is -0.497 e. The number of aryl methyl sites for hydroxylation is 1. The predicted molar refractivity (Wildman–Crippen MR) is 90.5 cm³/mol. The number of anilines is 2. The summed E-state index contributed by atoms with van der Waals surface area (Å²) in [7, 11) is 5.81. The molecule has 0 heterocycles. The second-order valence-electron chi connectivity index (χ2n) is 5.54. The Kier molecular flexibility index (Phi) is 4.73. The van der Waals surface area contributed by atoms with Gasteiger partial charge in [0, 0.05) is 31.5 Å². The molecular weight excluding hydrogens is 260 g/mol. The fraction of sp³-hybridized carbons (Fsp3) is 0.333. The van der Waals surface area contributed by atoms with Gasteiger partial charge in [0.1, 0.15) is 5.75 Å². The Morgan fingerprint density at radius 1 is 1.10 bits per heavy atom. The number of methoxy groups -OCH3 is 1. The first-order valence-electron chi connectivity index (χ1n) is 7.19. The molecule has 0 aliphatic carbocycles. The van der Waals surface area contributed by atoms with Crippen molar-refractivity contribution in [1.29, 1.82) is 0 Å². The van der Waals surface area contributed by atoms with Crippen LogP contribution in [0.3, 0.4) is 0 Å². The first-order chi connectivity index (χ1) is 10.0. The summed E-state index contributed by atoms with van der Waals surface area (Å²) in [4.78, 5) is 2.11. The van der Waals surface area contributed by atoms with E-state index in [2.05, 4.69) is 68.5 Å². The summed E-state index contributed by atoms with van der Waals surface area (Å²) in [5, 5.41) is 3.57. The van der Waals surface area contributed by atoms with Gasteiger partial charge in [0.2, 0.25) is 0 Å². The van der Waals surface area contributed by atoms with Crippen molar-refractivity contribution in [1.82, 2.24) is 0 Å². The lowest BCUT2D eigenvalue weighted by atomic mass is 10.1. The number of benzene rings is 2. The maximum Gasteiger partial charge on any atom is 0.119 e. The fourth-order valence-electron chi connectivity index (χ4n) is 2.32. The highest BCUT2D eigenvalue weighted by Crippen LogP contribution is 2.26. The number of rotatable bonds is 5. The van der Waals surface area contributed by atoms with Gasteiger partial charge in [-0.15, -0.1) is 0 Å². The molecule has 2 aromatic carbocycles. The third kappa shape index (κ3) is 3.69. The molecular formula is C18H24N2O. The quantitative estimate of drug-likeness (QED) is 0.888. The fourth-order valence-corrected chi connectivity index (χ4v) is 2.32. The van der Waals surface area contributed by atoms with Crippen LogP contribution in [0.4, 0.5) is 11.4 Å². The van der Waals surface area contributed by atoms with Gasteiger partial charge in [-0.05, 0) is 55.3 Å². The van der Waals surface area contributed by atoms with Crippen LogP contribution < -0.4 is 15.0 Å². The molecule has 1 N–H and O–H groups in total. The van der Waals surface area contributed by atoms with E-state index < -0.39 is 0 Å². The lowest BCUT2D eigenvalue weighted by Crippen LogP contribution is -2.11. The highest BCUT2D eigenvalue weighted by Gasteiger charge is 2.08. The number of ether oxygens (including phenoxy) is 1. The maximum absolute atomic E-state index is 5.29. The summed E-state index contributed by atoms with van der Waals surface area (Å²) in [6, 6.07) is 14.9. The molecule has 0 saturated carbocycles. The highest BCUT2D eigenvalue weighted by molar-refractivity contribution is 5.60. The topological polar surface area (TPSA) is 24.5 Å².